The van der Waals surface area contributed by atoms with Crippen molar-refractivity contribution in [3.05, 3.63) is 73.3 Å². The van der Waals surface area contributed by atoms with Crippen LogP contribution in [-0.4, -0.2) is 86.8 Å². The van der Waals surface area contributed by atoms with Crippen molar-refractivity contribution >= 4 is 66.4 Å². The number of hydrogen-bond donors (Lipinski definition) is 2. The third-order valence-corrected chi connectivity index (χ3v) is 11.5. The summed E-state index contributed by atoms with van der Waals surface area (Å²) in [6.07, 6.45) is 6.64. The van der Waals surface area contributed by atoms with Gasteiger partial charge in [0.1, 0.15) is 0 Å². The zero-order valence-corrected chi connectivity index (χ0v) is 26.6. The average Bonchev–Trinajstić information content (AvgIpc) is 2.97. The van der Waals surface area contributed by atoms with Gasteiger partial charge in [-0.3, -0.25) is 9.97 Å². The first kappa shape index (κ1) is 34.1. The second-order valence-corrected chi connectivity index (χ2v) is 13.8. The highest BCUT2D eigenvalue weighted by Gasteiger charge is 2.33. The molecule has 2 aromatic carbocycles. The van der Waals surface area contributed by atoms with Crippen molar-refractivity contribution in [2.45, 2.75) is 35.7 Å². The van der Waals surface area contributed by atoms with Crippen LogP contribution in [0.15, 0.2) is 83.1 Å². The van der Waals surface area contributed by atoms with E-state index in [2.05, 4.69) is 20.6 Å². The molecule has 2 fully saturated rings. The van der Waals surface area contributed by atoms with E-state index in [9.17, 15) is 16.8 Å². The number of halogens is 2. The lowest BCUT2D eigenvalue weighted by Crippen LogP contribution is -2.52. The molecule has 2 aliphatic rings. The highest BCUT2D eigenvalue weighted by molar-refractivity contribution is 7.89. The normalized spacial score (nSPS) is 20.1. The van der Waals surface area contributed by atoms with E-state index >= 15 is 0 Å². The summed E-state index contributed by atoms with van der Waals surface area (Å²) in [4.78, 5) is 8.82. The lowest BCUT2D eigenvalue weighted by Gasteiger charge is -2.33. The first-order valence-corrected chi connectivity index (χ1v) is 16.2. The van der Waals surface area contributed by atoms with Crippen LogP contribution in [0.25, 0.3) is 21.5 Å². The number of fused-ring (bicyclic) bond motifs is 2. The lowest BCUT2D eigenvalue weighted by atomic mass is 10.2. The number of aromatic nitrogens is 2. The lowest BCUT2D eigenvalue weighted by molar-refractivity contribution is 0.284. The third-order valence-electron chi connectivity index (χ3n) is 7.34. The fraction of sp³-hybridized carbons (Fsp3) is 0.357. The Balaban J connectivity index is 0.000000220. The van der Waals surface area contributed by atoms with Crippen molar-refractivity contribution in [2.75, 3.05) is 39.3 Å². The first-order valence-electron chi connectivity index (χ1n) is 13.3. The molecular formula is C28H36Cl2N6O4S2. The fourth-order valence-electron chi connectivity index (χ4n) is 5.25. The van der Waals surface area contributed by atoms with Gasteiger partial charge in [0.2, 0.25) is 20.0 Å². The predicted molar refractivity (Wildman–Crippen MR) is 170 cm³/mol. The third kappa shape index (κ3) is 6.87. The predicted octanol–water partition coefficient (Wildman–Crippen LogP) is 3.28. The van der Waals surface area contributed by atoms with E-state index < -0.39 is 20.0 Å². The van der Waals surface area contributed by atoms with Crippen LogP contribution in [0.2, 0.25) is 0 Å². The van der Waals surface area contributed by atoms with E-state index in [0.717, 1.165) is 21.5 Å². The van der Waals surface area contributed by atoms with Crippen LogP contribution in [0, 0.1) is 0 Å². The highest BCUT2D eigenvalue weighted by atomic mass is 35.5. The zero-order valence-electron chi connectivity index (χ0n) is 23.4. The Hall–Kier alpha value is -2.42. The maximum Gasteiger partial charge on any atom is 0.244 e. The van der Waals surface area contributed by atoms with Crippen LogP contribution in [0.5, 0.6) is 0 Å². The fourth-order valence-corrected chi connectivity index (χ4v) is 8.94. The van der Waals surface area contributed by atoms with Crippen molar-refractivity contribution in [2.24, 2.45) is 0 Å². The molecule has 0 amide bonds. The molecule has 0 spiro atoms. The monoisotopic (exact) mass is 654 g/mol. The van der Waals surface area contributed by atoms with Crippen molar-refractivity contribution in [3.8, 4) is 0 Å². The standard InChI is InChI=1S/2C14H17N3O2S.2ClH/c2*1-11-9-16-7-8-17(11)20(18,19)14-4-2-3-12-10-15-6-5-13(12)14;;/h2*2-6,10-11,16H,7-9H2,1H3;2*1H. The summed E-state index contributed by atoms with van der Waals surface area (Å²) in [5, 5.41) is 9.57. The summed E-state index contributed by atoms with van der Waals surface area (Å²) in [6.45, 7) is 7.62. The summed E-state index contributed by atoms with van der Waals surface area (Å²) < 4.78 is 54.7. The zero-order chi connectivity index (χ0) is 28.3. The summed E-state index contributed by atoms with van der Waals surface area (Å²) >= 11 is 0. The van der Waals surface area contributed by atoms with Crippen LogP contribution in [0.4, 0.5) is 0 Å². The van der Waals surface area contributed by atoms with Crippen molar-refractivity contribution in [1.29, 1.82) is 0 Å². The van der Waals surface area contributed by atoms with E-state index in [-0.39, 0.29) is 36.9 Å². The molecule has 2 aromatic heterocycles. The van der Waals surface area contributed by atoms with Crippen LogP contribution in [-0.2, 0) is 20.0 Å². The maximum atomic E-state index is 12.9. The summed E-state index contributed by atoms with van der Waals surface area (Å²) in [7, 11) is -6.94. The molecule has 2 saturated heterocycles. The Labute approximate surface area is 259 Å². The molecule has 0 aliphatic carbocycles. The molecule has 2 aliphatic heterocycles. The first-order chi connectivity index (χ1) is 19.2. The summed E-state index contributed by atoms with van der Waals surface area (Å²) in [5.41, 5.74) is 0. The number of benzene rings is 2. The number of pyridine rings is 2. The molecule has 2 N–H and O–H groups in total. The molecule has 14 heteroatoms. The Morgan fingerprint density at radius 3 is 1.45 bits per heavy atom. The van der Waals surface area contributed by atoms with Gasteiger partial charge in [0.15, 0.2) is 0 Å². The van der Waals surface area contributed by atoms with Gasteiger partial charge < -0.3 is 10.6 Å². The van der Waals surface area contributed by atoms with Gasteiger partial charge in [0.05, 0.1) is 9.79 Å². The Morgan fingerprint density at radius 2 is 1.07 bits per heavy atom. The van der Waals surface area contributed by atoms with Crippen LogP contribution < -0.4 is 10.6 Å². The van der Waals surface area contributed by atoms with Gasteiger partial charge in [-0.1, -0.05) is 24.3 Å². The van der Waals surface area contributed by atoms with E-state index in [1.54, 1.807) is 69.8 Å². The quantitative estimate of drug-likeness (QED) is 0.344. The Bertz CT molecular complexity index is 1590. The van der Waals surface area contributed by atoms with Gasteiger partial charge in [0.25, 0.3) is 0 Å². The molecule has 2 unspecified atom stereocenters. The molecule has 42 heavy (non-hydrogen) atoms. The van der Waals surface area contributed by atoms with Crippen LogP contribution in [0.1, 0.15) is 13.8 Å². The van der Waals surface area contributed by atoms with Gasteiger partial charge in [-0.2, -0.15) is 8.61 Å². The van der Waals surface area contributed by atoms with Crippen molar-refractivity contribution < 1.29 is 16.8 Å². The molecule has 0 saturated carbocycles. The van der Waals surface area contributed by atoms with Crippen molar-refractivity contribution in [1.82, 2.24) is 29.2 Å². The highest BCUT2D eigenvalue weighted by Crippen LogP contribution is 2.28. The molecular weight excluding hydrogens is 619 g/mol. The number of rotatable bonds is 4. The molecule has 4 heterocycles. The molecule has 0 radical (unpaired) electrons. The molecule has 10 nitrogen and oxygen atoms in total. The number of nitrogens with zero attached hydrogens (tertiary/aromatic N) is 4. The minimum absolute atomic E-state index is 0. The number of sulfonamides is 2. The SMILES string of the molecule is CC1CNCCN1S(=O)(=O)c1cccc2cnccc12.CC1CNCCN1S(=O)(=O)c1cccc2cnccc12.Cl.Cl. The van der Waals surface area contributed by atoms with Crippen LogP contribution in [0.3, 0.4) is 0 Å². The van der Waals surface area contributed by atoms with E-state index in [0.29, 0.717) is 49.1 Å². The molecule has 2 atom stereocenters. The topological polar surface area (TPSA) is 125 Å². The summed E-state index contributed by atoms with van der Waals surface area (Å²) in [6, 6.07) is 14.1. The van der Waals surface area contributed by atoms with Crippen molar-refractivity contribution in [3.63, 3.8) is 0 Å². The number of hydrogen-bond acceptors (Lipinski definition) is 8. The minimum atomic E-state index is -3.47. The molecule has 228 valence electrons. The maximum absolute atomic E-state index is 12.9. The van der Waals surface area contributed by atoms with Crippen LogP contribution >= 0.6 is 24.8 Å². The van der Waals surface area contributed by atoms with E-state index in [1.807, 2.05) is 26.0 Å². The second-order valence-electron chi connectivity index (χ2n) is 10.0. The number of piperazine rings is 2. The van der Waals surface area contributed by atoms with Gasteiger partial charge in [-0.05, 0) is 38.1 Å². The van der Waals surface area contributed by atoms with Gasteiger partial charge in [-0.25, -0.2) is 16.8 Å². The second kappa shape index (κ2) is 14.4. The van der Waals surface area contributed by atoms with E-state index in [1.165, 1.54) is 0 Å². The smallest absolute Gasteiger partial charge is 0.244 e. The summed E-state index contributed by atoms with van der Waals surface area (Å²) in [5.74, 6) is 0. The Morgan fingerprint density at radius 1 is 0.667 bits per heavy atom. The minimum Gasteiger partial charge on any atom is -0.314 e. The molecule has 4 aromatic rings. The molecule has 0 bridgehead atoms. The van der Waals surface area contributed by atoms with E-state index in [4.69, 9.17) is 0 Å². The van der Waals surface area contributed by atoms with Gasteiger partial charge in [0, 0.05) is 97.7 Å². The largest absolute Gasteiger partial charge is 0.314 e. The average molecular weight is 656 g/mol. The van der Waals surface area contributed by atoms with Gasteiger partial charge in [-0.15, -0.1) is 24.8 Å². The number of nitrogens with one attached hydrogen (secondary N) is 2. The Kier molecular flexibility index (Phi) is 11.7. The van der Waals surface area contributed by atoms with Gasteiger partial charge >= 0.3 is 0 Å². The molecule has 6 rings (SSSR count).